The van der Waals surface area contributed by atoms with Crippen molar-refractivity contribution in [2.24, 2.45) is 11.8 Å². The molecule has 0 aromatic rings. The molecule has 1 heteroatoms. The zero-order chi connectivity index (χ0) is 13.8. The van der Waals surface area contributed by atoms with Crippen LogP contribution in [0.3, 0.4) is 0 Å². The summed E-state index contributed by atoms with van der Waals surface area (Å²) in [6.45, 7) is 8.73. The Bertz CT molecular complexity index is 165. The molecule has 1 nitrogen and oxygen atoms in total. The standard InChI is InChI=1S/C17H36O/c1-5-6-7-8-9-10-12-15(2)13-11-14-16(3)17(4)18/h15-18H,5-14H2,1-4H3/t15-,16+,17-/m0/s1. The highest BCUT2D eigenvalue weighted by Gasteiger charge is 2.09. The average molecular weight is 256 g/mol. The molecule has 0 saturated carbocycles. The van der Waals surface area contributed by atoms with Gasteiger partial charge in [-0.3, -0.25) is 0 Å². The summed E-state index contributed by atoms with van der Waals surface area (Å²) in [4.78, 5) is 0. The van der Waals surface area contributed by atoms with E-state index in [9.17, 15) is 5.11 Å². The van der Waals surface area contributed by atoms with Gasteiger partial charge in [0.1, 0.15) is 0 Å². The Morgan fingerprint density at radius 1 is 0.722 bits per heavy atom. The van der Waals surface area contributed by atoms with E-state index < -0.39 is 0 Å². The summed E-state index contributed by atoms with van der Waals surface area (Å²) in [5, 5.41) is 9.43. The SMILES string of the molecule is CCCCCCCC[C@H](C)CCC[C@@H](C)[C@H](C)O. The van der Waals surface area contributed by atoms with Crippen LogP contribution in [0.2, 0.25) is 0 Å². The molecule has 0 saturated heterocycles. The third-order valence-corrected chi connectivity index (χ3v) is 4.23. The van der Waals surface area contributed by atoms with Gasteiger partial charge in [0.15, 0.2) is 0 Å². The molecule has 0 amide bonds. The molecule has 0 aliphatic rings. The van der Waals surface area contributed by atoms with Crippen molar-refractivity contribution in [1.29, 1.82) is 0 Å². The van der Waals surface area contributed by atoms with Gasteiger partial charge >= 0.3 is 0 Å². The van der Waals surface area contributed by atoms with E-state index in [4.69, 9.17) is 0 Å². The molecule has 0 unspecified atom stereocenters. The van der Waals surface area contributed by atoms with Crippen LogP contribution in [0.1, 0.15) is 91.9 Å². The van der Waals surface area contributed by atoms with Gasteiger partial charge in [-0.25, -0.2) is 0 Å². The minimum atomic E-state index is -0.140. The van der Waals surface area contributed by atoms with Gasteiger partial charge in [0.25, 0.3) is 0 Å². The quantitative estimate of drug-likeness (QED) is 0.453. The molecular weight excluding hydrogens is 220 g/mol. The van der Waals surface area contributed by atoms with E-state index in [-0.39, 0.29) is 6.10 Å². The van der Waals surface area contributed by atoms with Gasteiger partial charge in [-0.15, -0.1) is 0 Å². The van der Waals surface area contributed by atoms with Crippen molar-refractivity contribution in [3.8, 4) is 0 Å². The number of unbranched alkanes of at least 4 members (excludes halogenated alkanes) is 5. The molecule has 0 heterocycles. The number of aliphatic hydroxyl groups excluding tert-OH is 1. The minimum absolute atomic E-state index is 0.140. The zero-order valence-corrected chi connectivity index (χ0v) is 13.3. The molecule has 0 spiro atoms. The molecule has 0 aliphatic carbocycles. The van der Waals surface area contributed by atoms with Crippen molar-refractivity contribution in [2.75, 3.05) is 0 Å². The molecule has 0 radical (unpaired) electrons. The molecule has 110 valence electrons. The van der Waals surface area contributed by atoms with Crippen LogP contribution in [0, 0.1) is 11.8 Å². The zero-order valence-electron chi connectivity index (χ0n) is 13.3. The van der Waals surface area contributed by atoms with E-state index in [1.165, 1.54) is 64.2 Å². The predicted molar refractivity (Wildman–Crippen MR) is 81.9 cm³/mol. The Morgan fingerprint density at radius 3 is 1.89 bits per heavy atom. The van der Waals surface area contributed by atoms with Crippen LogP contribution in [-0.4, -0.2) is 11.2 Å². The fourth-order valence-electron chi connectivity index (χ4n) is 2.45. The van der Waals surface area contributed by atoms with E-state index in [0.29, 0.717) is 5.92 Å². The van der Waals surface area contributed by atoms with E-state index in [1.54, 1.807) is 0 Å². The molecule has 0 bridgehead atoms. The van der Waals surface area contributed by atoms with Crippen LogP contribution >= 0.6 is 0 Å². The normalized spacial score (nSPS) is 16.5. The highest BCUT2D eigenvalue weighted by Crippen LogP contribution is 2.19. The van der Waals surface area contributed by atoms with Crippen LogP contribution in [0.25, 0.3) is 0 Å². The summed E-state index contributed by atoms with van der Waals surface area (Å²) in [7, 11) is 0. The maximum atomic E-state index is 9.43. The molecule has 0 aromatic carbocycles. The maximum Gasteiger partial charge on any atom is 0.0537 e. The van der Waals surface area contributed by atoms with E-state index in [2.05, 4.69) is 20.8 Å². The number of hydrogen-bond acceptors (Lipinski definition) is 1. The summed E-state index contributed by atoms with van der Waals surface area (Å²) < 4.78 is 0. The molecule has 3 atom stereocenters. The second-order valence-corrected chi connectivity index (χ2v) is 6.31. The van der Waals surface area contributed by atoms with E-state index in [0.717, 1.165) is 5.92 Å². The van der Waals surface area contributed by atoms with Crippen molar-refractivity contribution < 1.29 is 5.11 Å². The Morgan fingerprint density at radius 2 is 1.28 bits per heavy atom. The Labute approximate surface area is 115 Å². The highest BCUT2D eigenvalue weighted by atomic mass is 16.3. The Hall–Kier alpha value is -0.0400. The Kier molecular flexibility index (Phi) is 12.0. The second-order valence-electron chi connectivity index (χ2n) is 6.31. The number of rotatable bonds is 12. The van der Waals surface area contributed by atoms with Crippen molar-refractivity contribution in [3.05, 3.63) is 0 Å². The predicted octanol–water partition coefficient (Wildman–Crippen LogP) is 5.56. The lowest BCUT2D eigenvalue weighted by Gasteiger charge is -2.16. The largest absolute Gasteiger partial charge is 0.393 e. The van der Waals surface area contributed by atoms with Gasteiger partial charge in [-0.2, -0.15) is 0 Å². The smallest absolute Gasteiger partial charge is 0.0537 e. The van der Waals surface area contributed by atoms with E-state index >= 15 is 0 Å². The molecular formula is C17H36O. The molecule has 0 rings (SSSR count). The summed E-state index contributed by atoms with van der Waals surface area (Å²) in [6, 6.07) is 0. The molecule has 0 aliphatic heterocycles. The first-order valence-electron chi connectivity index (χ1n) is 8.26. The van der Waals surface area contributed by atoms with Gasteiger partial charge in [0.2, 0.25) is 0 Å². The first-order valence-corrected chi connectivity index (χ1v) is 8.26. The van der Waals surface area contributed by atoms with Crippen LogP contribution in [0.4, 0.5) is 0 Å². The third-order valence-electron chi connectivity index (χ3n) is 4.23. The first-order chi connectivity index (χ1) is 8.57. The average Bonchev–Trinajstić information content (AvgIpc) is 2.33. The van der Waals surface area contributed by atoms with Gasteiger partial charge < -0.3 is 5.11 Å². The lowest BCUT2D eigenvalue weighted by Crippen LogP contribution is -2.13. The second kappa shape index (κ2) is 12.0. The van der Waals surface area contributed by atoms with E-state index in [1.807, 2.05) is 6.92 Å². The lowest BCUT2D eigenvalue weighted by atomic mass is 9.93. The molecule has 0 aromatic heterocycles. The summed E-state index contributed by atoms with van der Waals surface area (Å²) in [5.74, 6) is 1.34. The van der Waals surface area contributed by atoms with Crippen LogP contribution in [0.5, 0.6) is 0 Å². The van der Waals surface area contributed by atoms with Crippen molar-refractivity contribution in [2.45, 2.75) is 98.0 Å². The van der Waals surface area contributed by atoms with Crippen LogP contribution in [-0.2, 0) is 0 Å². The number of hydrogen-bond donors (Lipinski definition) is 1. The summed E-state index contributed by atoms with van der Waals surface area (Å²) in [5.41, 5.74) is 0. The maximum absolute atomic E-state index is 9.43. The fourth-order valence-corrected chi connectivity index (χ4v) is 2.45. The van der Waals surface area contributed by atoms with Crippen molar-refractivity contribution >= 4 is 0 Å². The highest BCUT2D eigenvalue weighted by molar-refractivity contribution is 4.61. The molecule has 0 fully saturated rings. The van der Waals surface area contributed by atoms with Crippen molar-refractivity contribution in [3.63, 3.8) is 0 Å². The van der Waals surface area contributed by atoms with Crippen molar-refractivity contribution in [1.82, 2.24) is 0 Å². The third kappa shape index (κ3) is 11.1. The molecule has 1 N–H and O–H groups in total. The monoisotopic (exact) mass is 256 g/mol. The molecule has 18 heavy (non-hydrogen) atoms. The fraction of sp³-hybridized carbons (Fsp3) is 1.00. The summed E-state index contributed by atoms with van der Waals surface area (Å²) in [6.07, 6.45) is 13.5. The first kappa shape index (κ1) is 18.0. The lowest BCUT2D eigenvalue weighted by molar-refractivity contribution is 0.127. The number of aliphatic hydroxyl groups is 1. The van der Waals surface area contributed by atoms with Crippen LogP contribution < -0.4 is 0 Å². The van der Waals surface area contributed by atoms with Gasteiger partial charge in [0, 0.05) is 0 Å². The van der Waals surface area contributed by atoms with Gasteiger partial charge in [-0.05, 0) is 25.2 Å². The van der Waals surface area contributed by atoms with Crippen LogP contribution in [0.15, 0.2) is 0 Å². The minimum Gasteiger partial charge on any atom is -0.393 e. The summed E-state index contributed by atoms with van der Waals surface area (Å²) >= 11 is 0. The van der Waals surface area contributed by atoms with Gasteiger partial charge in [-0.1, -0.05) is 78.6 Å². The topological polar surface area (TPSA) is 20.2 Å². The Balaban J connectivity index is 3.29. The van der Waals surface area contributed by atoms with Gasteiger partial charge in [0.05, 0.1) is 6.10 Å².